The fourth-order valence-electron chi connectivity index (χ4n) is 4.27. The molecule has 0 saturated carbocycles. The second-order valence-corrected chi connectivity index (χ2v) is 11.8. The maximum absolute atomic E-state index is 13.2. The van der Waals surface area contributed by atoms with Crippen LogP contribution in [0.25, 0.3) is 0 Å². The first-order valence-electron chi connectivity index (χ1n) is 12.9. The zero-order valence-electron chi connectivity index (χ0n) is 22.0. The van der Waals surface area contributed by atoms with Gasteiger partial charge in [0.2, 0.25) is 10.0 Å². The Hall–Kier alpha value is -3.23. The average Bonchev–Trinajstić information content (AvgIpc) is 2.95. The van der Waals surface area contributed by atoms with Crippen LogP contribution in [0.3, 0.4) is 0 Å². The van der Waals surface area contributed by atoms with Crippen molar-refractivity contribution >= 4 is 39.0 Å². The number of piperazine rings is 1. The average molecular weight is 611 g/mol. The Bertz CT molecular complexity index is 1450. The molecule has 1 saturated heterocycles. The predicted molar refractivity (Wildman–Crippen MR) is 151 cm³/mol. The summed E-state index contributed by atoms with van der Waals surface area (Å²) in [6.45, 7) is 2.54. The summed E-state index contributed by atoms with van der Waals surface area (Å²) in [5, 5.41) is 5.53. The summed E-state index contributed by atoms with van der Waals surface area (Å²) >= 11 is 5.65. The van der Waals surface area contributed by atoms with Gasteiger partial charge >= 0.3 is 6.18 Å². The highest BCUT2D eigenvalue weighted by molar-refractivity contribution is 7.89. The molecule has 0 bridgehead atoms. The summed E-state index contributed by atoms with van der Waals surface area (Å²) in [6, 6.07) is 13.9. The van der Waals surface area contributed by atoms with Crippen LogP contribution in [-0.2, 0) is 22.7 Å². The van der Waals surface area contributed by atoms with Gasteiger partial charge in [0.1, 0.15) is 5.82 Å². The number of halogens is 4. The van der Waals surface area contributed by atoms with Crippen LogP contribution in [0, 0.1) is 0 Å². The number of nitrogens with zero attached hydrogens (tertiary/aromatic N) is 3. The van der Waals surface area contributed by atoms with E-state index < -0.39 is 26.8 Å². The van der Waals surface area contributed by atoms with E-state index in [1.807, 2.05) is 12.1 Å². The van der Waals surface area contributed by atoms with Gasteiger partial charge in [0.15, 0.2) is 0 Å². The van der Waals surface area contributed by atoms with E-state index >= 15 is 0 Å². The molecule has 4 N–H and O–H groups in total. The Labute approximate surface area is 241 Å². The van der Waals surface area contributed by atoms with E-state index in [1.54, 1.807) is 17.0 Å². The van der Waals surface area contributed by atoms with Gasteiger partial charge in [0.25, 0.3) is 5.91 Å². The first-order valence-corrected chi connectivity index (χ1v) is 14.7. The number of alkyl halides is 3. The van der Waals surface area contributed by atoms with Crippen LogP contribution in [0.5, 0.6) is 0 Å². The van der Waals surface area contributed by atoms with Gasteiger partial charge < -0.3 is 21.3 Å². The van der Waals surface area contributed by atoms with E-state index in [2.05, 4.69) is 15.6 Å². The Morgan fingerprint density at radius 3 is 2.29 bits per heavy atom. The van der Waals surface area contributed by atoms with Crippen molar-refractivity contribution in [2.75, 3.05) is 49.5 Å². The highest BCUT2D eigenvalue weighted by Crippen LogP contribution is 2.36. The van der Waals surface area contributed by atoms with Crippen LogP contribution in [-0.4, -0.2) is 62.9 Å². The third-order valence-corrected chi connectivity index (χ3v) is 8.78. The van der Waals surface area contributed by atoms with Gasteiger partial charge in [-0.25, -0.2) is 13.4 Å². The SMILES string of the molecule is NCCCNCc1ccc(C(=O)Nc2ccc(S(=O)(=O)N3CCN(c4cc(C(F)(F)F)c(Cl)cn4)CC3)cc2)cc1. The fraction of sp³-hybridized carbons (Fsp3) is 0.333. The van der Waals surface area contributed by atoms with E-state index in [1.165, 1.54) is 28.6 Å². The second kappa shape index (κ2) is 13.2. The Morgan fingerprint density at radius 2 is 1.68 bits per heavy atom. The number of rotatable bonds is 10. The summed E-state index contributed by atoms with van der Waals surface area (Å²) in [7, 11) is -3.86. The van der Waals surface area contributed by atoms with E-state index in [0.717, 1.165) is 30.8 Å². The maximum Gasteiger partial charge on any atom is 0.418 e. The van der Waals surface area contributed by atoms with Crippen molar-refractivity contribution in [3.8, 4) is 0 Å². The van der Waals surface area contributed by atoms with E-state index in [0.29, 0.717) is 24.3 Å². The Kier molecular flexibility index (Phi) is 9.87. The molecule has 3 aromatic rings. The van der Waals surface area contributed by atoms with Gasteiger partial charge in [-0.2, -0.15) is 17.5 Å². The third-order valence-electron chi connectivity index (χ3n) is 6.56. The molecule has 1 fully saturated rings. The number of anilines is 2. The van der Waals surface area contributed by atoms with Crippen molar-refractivity contribution in [1.29, 1.82) is 0 Å². The highest BCUT2D eigenvalue weighted by Gasteiger charge is 2.35. The zero-order valence-corrected chi connectivity index (χ0v) is 23.6. The number of nitrogens with two attached hydrogens (primary N) is 1. The van der Waals surface area contributed by atoms with E-state index in [4.69, 9.17) is 17.3 Å². The first kappa shape index (κ1) is 30.7. The van der Waals surface area contributed by atoms with Crippen LogP contribution in [0.1, 0.15) is 27.9 Å². The Morgan fingerprint density at radius 1 is 1.02 bits per heavy atom. The molecule has 1 aliphatic heterocycles. The van der Waals surface area contributed by atoms with Crippen molar-refractivity contribution in [2.24, 2.45) is 5.73 Å². The number of sulfonamides is 1. The molecule has 0 aliphatic carbocycles. The van der Waals surface area contributed by atoms with E-state index in [9.17, 15) is 26.4 Å². The monoisotopic (exact) mass is 610 g/mol. The minimum atomic E-state index is -4.63. The van der Waals surface area contributed by atoms with Crippen molar-refractivity contribution in [2.45, 2.75) is 24.0 Å². The van der Waals surface area contributed by atoms with Gasteiger partial charge in [0.05, 0.1) is 15.5 Å². The van der Waals surface area contributed by atoms with Crippen LogP contribution in [0.4, 0.5) is 24.7 Å². The maximum atomic E-state index is 13.2. The van der Waals surface area contributed by atoms with Crippen molar-refractivity contribution in [1.82, 2.24) is 14.6 Å². The molecule has 2 heterocycles. The van der Waals surface area contributed by atoms with Crippen molar-refractivity contribution in [3.05, 3.63) is 82.5 Å². The van der Waals surface area contributed by atoms with Crippen LogP contribution in [0.2, 0.25) is 5.02 Å². The van der Waals surface area contributed by atoms with Crippen molar-refractivity contribution in [3.63, 3.8) is 0 Å². The molecular weight excluding hydrogens is 581 g/mol. The lowest BCUT2D eigenvalue weighted by molar-refractivity contribution is -0.137. The van der Waals surface area contributed by atoms with Crippen LogP contribution >= 0.6 is 11.6 Å². The molecule has 1 amide bonds. The molecule has 0 spiro atoms. The van der Waals surface area contributed by atoms with Crippen molar-refractivity contribution < 1.29 is 26.4 Å². The number of carbonyl (C=O) groups excluding carboxylic acids is 1. The topological polar surface area (TPSA) is 121 Å². The van der Waals surface area contributed by atoms with E-state index in [-0.39, 0.29) is 42.8 Å². The largest absolute Gasteiger partial charge is 0.418 e. The molecule has 1 aromatic heterocycles. The summed E-state index contributed by atoms with van der Waals surface area (Å²) in [4.78, 5) is 18.3. The number of nitrogens with one attached hydrogen (secondary N) is 2. The smallest absolute Gasteiger partial charge is 0.354 e. The second-order valence-electron chi connectivity index (χ2n) is 9.41. The molecule has 1 aliphatic rings. The fourth-order valence-corrected chi connectivity index (χ4v) is 5.90. The molecule has 2 aromatic carbocycles. The Balaban J connectivity index is 1.33. The molecule has 0 unspecified atom stereocenters. The van der Waals surface area contributed by atoms with Gasteiger partial charge in [-0.15, -0.1) is 0 Å². The number of hydrogen-bond donors (Lipinski definition) is 3. The molecule has 0 atom stereocenters. The lowest BCUT2D eigenvalue weighted by Crippen LogP contribution is -2.49. The molecule has 41 heavy (non-hydrogen) atoms. The van der Waals surface area contributed by atoms with Gasteiger partial charge in [-0.1, -0.05) is 23.7 Å². The lowest BCUT2D eigenvalue weighted by atomic mass is 10.1. The lowest BCUT2D eigenvalue weighted by Gasteiger charge is -2.35. The zero-order chi connectivity index (χ0) is 29.6. The number of benzene rings is 2. The number of hydrogen-bond acceptors (Lipinski definition) is 7. The van der Waals surface area contributed by atoms with Gasteiger partial charge in [-0.3, -0.25) is 4.79 Å². The number of pyridine rings is 1. The van der Waals surface area contributed by atoms with Gasteiger partial charge in [-0.05, 0) is 67.5 Å². The summed E-state index contributed by atoms with van der Waals surface area (Å²) in [5.41, 5.74) is 6.41. The van der Waals surface area contributed by atoms with Crippen LogP contribution in [0.15, 0.2) is 65.7 Å². The summed E-state index contributed by atoms with van der Waals surface area (Å²) < 4.78 is 67.3. The van der Waals surface area contributed by atoms with Gasteiger partial charge in [0, 0.05) is 50.2 Å². The molecule has 9 nitrogen and oxygen atoms in total. The summed E-state index contributed by atoms with van der Waals surface area (Å²) in [5.74, 6) is -0.253. The molecular formula is C27H30ClF3N6O3S. The first-order chi connectivity index (χ1) is 19.5. The standard InChI is InChI=1S/C27H30ClF3N6O3S/c28-24-18-34-25(16-23(24)27(29,30)31)36-12-14-37(15-13-36)41(39,40)22-8-6-21(7-9-22)35-26(38)20-4-2-19(3-5-20)17-33-11-1-10-32/h2-9,16,18,33H,1,10-15,17,32H2,(H,35,38). The molecule has 220 valence electrons. The minimum absolute atomic E-state index is 0.0411. The third kappa shape index (κ3) is 7.74. The van der Waals surface area contributed by atoms with Crippen LogP contribution < -0.4 is 21.3 Å². The predicted octanol–water partition coefficient (Wildman–Crippen LogP) is 3.96. The minimum Gasteiger partial charge on any atom is -0.354 e. The number of aromatic nitrogens is 1. The normalized spacial score (nSPS) is 14.7. The highest BCUT2D eigenvalue weighted by atomic mass is 35.5. The molecule has 14 heteroatoms. The quantitative estimate of drug-likeness (QED) is 0.297. The molecule has 0 radical (unpaired) electrons. The number of amides is 1. The summed E-state index contributed by atoms with van der Waals surface area (Å²) in [6.07, 6.45) is -2.80. The molecule has 4 rings (SSSR count). The number of carbonyl (C=O) groups is 1.